The van der Waals surface area contributed by atoms with E-state index in [9.17, 15) is 4.79 Å². The summed E-state index contributed by atoms with van der Waals surface area (Å²) in [6.07, 6.45) is 19.8. The van der Waals surface area contributed by atoms with E-state index in [1.54, 1.807) is 0 Å². The fraction of sp³-hybridized carbons (Fsp3) is 0.722. The summed E-state index contributed by atoms with van der Waals surface area (Å²) in [5, 5.41) is 8.53. The first-order valence-corrected chi connectivity index (χ1v) is 8.41. The lowest BCUT2D eigenvalue weighted by molar-refractivity contribution is -0.137. The summed E-state index contributed by atoms with van der Waals surface area (Å²) in [7, 11) is 0. The summed E-state index contributed by atoms with van der Waals surface area (Å²) < 4.78 is 5.66. The predicted octanol–water partition coefficient (Wildman–Crippen LogP) is 4.87. The van der Waals surface area contributed by atoms with Gasteiger partial charge in [-0.15, -0.1) is 0 Å². The standard InChI is InChI=1S/C18H30O3/c1-2-3-4-5-7-10-13-16-17(21-16)14-11-8-6-9-12-15-18(19)20/h3-4,7,10,16-17H,2,5-6,8-9,11-15H2,1H3,(H,19,20)/b4-3-,10-7-. The Bertz CT molecular complexity index is 333. The van der Waals surface area contributed by atoms with Gasteiger partial charge in [0, 0.05) is 6.42 Å². The minimum atomic E-state index is -0.678. The fourth-order valence-corrected chi connectivity index (χ4v) is 2.46. The van der Waals surface area contributed by atoms with Crippen LogP contribution in [0.5, 0.6) is 0 Å². The highest BCUT2D eigenvalue weighted by molar-refractivity contribution is 5.66. The summed E-state index contributed by atoms with van der Waals surface area (Å²) in [6.45, 7) is 2.15. The maximum absolute atomic E-state index is 10.4. The minimum absolute atomic E-state index is 0.313. The first-order chi connectivity index (χ1) is 10.2. The number of hydrogen-bond donors (Lipinski definition) is 1. The van der Waals surface area contributed by atoms with Crippen LogP contribution in [-0.4, -0.2) is 23.3 Å². The fourth-order valence-electron chi connectivity index (χ4n) is 2.46. The highest BCUT2D eigenvalue weighted by atomic mass is 16.6. The van der Waals surface area contributed by atoms with Gasteiger partial charge in [0.1, 0.15) is 0 Å². The van der Waals surface area contributed by atoms with Crippen molar-refractivity contribution in [3.8, 4) is 0 Å². The smallest absolute Gasteiger partial charge is 0.303 e. The molecule has 0 aromatic carbocycles. The molecule has 0 amide bonds. The molecule has 1 fully saturated rings. The van der Waals surface area contributed by atoms with E-state index in [0.717, 1.165) is 44.9 Å². The maximum atomic E-state index is 10.4. The monoisotopic (exact) mass is 294 g/mol. The van der Waals surface area contributed by atoms with E-state index in [0.29, 0.717) is 18.6 Å². The van der Waals surface area contributed by atoms with E-state index in [1.807, 2.05) is 0 Å². The molecule has 1 saturated heterocycles. The Balaban J connectivity index is 1.86. The van der Waals surface area contributed by atoms with Gasteiger partial charge in [0.25, 0.3) is 0 Å². The Hall–Kier alpha value is -1.09. The SMILES string of the molecule is CC/C=C\C/C=C\CC1OC1CCCCCCCC(=O)O. The average molecular weight is 294 g/mol. The van der Waals surface area contributed by atoms with Crippen LogP contribution in [0.3, 0.4) is 0 Å². The van der Waals surface area contributed by atoms with Crippen LogP contribution in [0.2, 0.25) is 0 Å². The Morgan fingerprint density at radius 3 is 2.48 bits per heavy atom. The zero-order chi connectivity index (χ0) is 15.3. The summed E-state index contributed by atoms with van der Waals surface area (Å²) in [4.78, 5) is 10.4. The average Bonchev–Trinajstić information content (AvgIpc) is 3.20. The van der Waals surface area contributed by atoms with Gasteiger partial charge in [-0.05, 0) is 32.1 Å². The summed E-state index contributed by atoms with van der Waals surface area (Å²) in [6, 6.07) is 0. The second-order valence-corrected chi connectivity index (χ2v) is 5.74. The second kappa shape index (κ2) is 11.6. The van der Waals surface area contributed by atoms with E-state index in [-0.39, 0.29) is 0 Å². The number of aliphatic carboxylic acids is 1. The number of carbonyl (C=O) groups is 1. The highest BCUT2D eigenvalue weighted by Gasteiger charge is 2.36. The largest absolute Gasteiger partial charge is 0.481 e. The van der Waals surface area contributed by atoms with Crippen molar-refractivity contribution in [2.24, 2.45) is 0 Å². The van der Waals surface area contributed by atoms with Crippen LogP contribution in [0.4, 0.5) is 0 Å². The van der Waals surface area contributed by atoms with Gasteiger partial charge in [-0.1, -0.05) is 56.9 Å². The molecule has 1 aliphatic rings. The van der Waals surface area contributed by atoms with Crippen LogP contribution in [0.25, 0.3) is 0 Å². The molecule has 0 aromatic heterocycles. The molecule has 1 N–H and O–H groups in total. The number of hydrogen-bond acceptors (Lipinski definition) is 2. The van der Waals surface area contributed by atoms with Crippen molar-refractivity contribution in [2.75, 3.05) is 0 Å². The first-order valence-electron chi connectivity index (χ1n) is 8.41. The van der Waals surface area contributed by atoms with E-state index in [2.05, 4.69) is 31.2 Å². The lowest BCUT2D eigenvalue weighted by Gasteiger charge is -1.99. The zero-order valence-electron chi connectivity index (χ0n) is 13.3. The van der Waals surface area contributed by atoms with E-state index >= 15 is 0 Å². The van der Waals surface area contributed by atoms with Gasteiger partial charge in [0.05, 0.1) is 12.2 Å². The van der Waals surface area contributed by atoms with Crippen molar-refractivity contribution in [1.29, 1.82) is 0 Å². The van der Waals surface area contributed by atoms with Crippen LogP contribution in [0.1, 0.15) is 71.1 Å². The molecule has 1 aliphatic heterocycles. The molecule has 0 aromatic rings. The van der Waals surface area contributed by atoms with Gasteiger partial charge in [0.15, 0.2) is 0 Å². The van der Waals surface area contributed by atoms with Gasteiger partial charge >= 0.3 is 5.97 Å². The van der Waals surface area contributed by atoms with E-state index in [4.69, 9.17) is 9.84 Å². The maximum Gasteiger partial charge on any atom is 0.303 e. The number of carboxylic acids is 1. The molecule has 1 rings (SSSR count). The molecule has 1 heterocycles. The Morgan fingerprint density at radius 2 is 1.71 bits per heavy atom. The summed E-state index contributed by atoms with van der Waals surface area (Å²) in [5.74, 6) is -0.678. The van der Waals surface area contributed by atoms with Crippen molar-refractivity contribution < 1.29 is 14.6 Å². The molecule has 2 unspecified atom stereocenters. The van der Waals surface area contributed by atoms with Gasteiger partial charge < -0.3 is 9.84 Å². The van der Waals surface area contributed by atoms with E-state index in [1.165, 1.54) is 12.8 Å². The third kappa shape index (κ3) is 10.3. The van der Waals surface area contributed by atoms with Crippen molar-refractivity contribution in [2.45, 2.75) is 83.3 Å². The van der Waals surface area contributed by atoms with Gasteiger partial charge in [-0.3, -0.25) is 4.79 Å². The van der Waals surface area contributed by atoms with E-state index < -0.39 is 5.97 Å². The first kappa shape index (κ1) is 18.0. The predicted molar refractivity (Wildman–Crippen MR) is 86.4 cm³/mol. The quantitative estimate of drug-likeness (QED) is 0.299. The lowest BCUT2D eigenvalue weighted by Crippen LogP contribution is -1.94. The molecule has 3 heteroatoms. The van der Waals surface area contributed by atoms with Gasteiger partial charge in [-0.2, -0.15) is 0 Å². The summed E-state index contributed by atoms with van der Waals surface area (Å²) >= 11 is 0. The molecule has 3 nitrogen and oxygen atoms in total. The molecule has 0 bridgehead atoms. The van der Waals surface area contributed by atoms with Crippen LogP contribution in [0, 0.1) is 0 Å². The molecule has 2 atom stereocenters. The van der Waals surface area contributed by atoms with Crippen molar-refractivity contribution in [1.82, 2.24) is 0 Å². The molecule has 120 valence electrons. The third-order valence-corrected chi connectivity index (χ3v) is 3.78. The lowest BCUT2D eigenvalue weighted by atomic mass is 10.1. The van der Waals surface area contributed by atoms with Crippen LogP contribution < -0.4 is 0 Å². The molecule has 0 saturated carbocycles. The molecular weight excluding hydrogens is 264 g/mol. The number of unbranched alkanes of at least 4 members (excludes halogenated alkanes) is 4. The number of epoxide rings is 1. The second-order valence-electron chi connectivity index (χ2n) is 5.74. The molecule has 0 radical (unpaired) electrons. The Kier molecular flexibility index (Phi) is 9.88. The molecular formula is C18H30O3. The number of ether oxygens (including phenoxy) is 1. The molecule has 0 aliphatic carbocycles. The van der Waals surface area contributed by atoms with Crippen molar-refractivity contribution in [3.63, 3.8) is 0 Å². The summed E-state index contributed by atoms with van der Waals surface area (Å²) in [5.41, 5.74) is 0. The number of rotatable bonds is 13. The number of allylic oxidation sites excluding steroid dienone is 3. The van der Waals surface area contributed by atoms with Crippen molar-refractivity contribution in [3.05, 3.63) is 24.3 Å². The third-order valence-electron chi connectivity index (χ3n) is 3.78. The Labute approximate surface area is 129 Å². The zero-order valence-corrected chi connectivity index (χ0v) is 13.3. The van der Waals surface area contributed by atoms with Crippen LogP contribution >= 0.6 is 0 Å². The normalized spacial score (nSPS) is 21.4. The number of carboxylic acid groups (broad SMARTS) is 1. The van der Waals surface area contributed by atoms with Gasteiger partial charge in [-0.25, -0.2) is 0 Å². The van der Waals surface area contributed by atoms with Crippen molar-refractivity contribution >= 4 is 5.97 Å². The highest BCUT2D eigenvalue weighted by Crippen LogP contribution is 2.30. The van der Waals surface area contributed by atoms with Gasteiger partial charge in [0.2, 0.25) is 0 Å². The van der Waals surface area contributed by atoms with Crippen LogP contribution in [-0.2, 0) is 9.53 Å². The molecule has 21 heavy (non-hydrogen) atoms. The molecule has 0 spiro atoms. The topological polar surface area (TPSA) is 49.8 Å². The minimum Gasteiger partial charge on any atom is -0.481 e. The van der Waals surface area contributed by atoms with Crippen LogP contribution in [0.15, 0.2) is 24.3 Å². The Morgan fingerprint density at radius 1 is 1.00 bits per heavy atom.